The lowest BCUT2D eigenvalue weighted by molar-refractivity contribution is -0.104. The van der Waals surface area contributed by atoms with E-state index < -0.39 is 7.82 Å². The van der Waals surface area contributed by atoms with Crippen LogP contribution in [0.25, 0.3) is 0 Å². The van der Waals surface area contributed by atoms with Gasteiger partial charge in [0.15, 0.2) is 0 Å². The molecule has 22 heavy (non-hydrogen) atoms. The zero-order chi connectivity index (χ0) is 17.1. The first-order valence-corrected chi connectivity index (χ1v) is 9.87. The van der Waals surface area contributed by atoms with Gasteiger partial charge in [-0.1, -0.05) is 77.2 Å². The molecule has 6 heteroatoms. The molecule has 0 saturated heterocycles. The first-order chi connectivity index (χ1) is 10.4. The molecule has 132 valence electrons. The SMILES string of the molecule is CCCCCCCCCCCCCC=CC=O.O=P(O)(O)O. The topological polar surface area (TPSA) is 94.8 Å². The predicted octanol–water partition coefficient (Wildman–Crippen LogP) is 4.51. The number of rotatable bonds is 13. The van der Waals surface area contributed by atoms with E-state index in [1.54, 1.807) is 6.08 Å². The number of carbonyl (C=O) groups excluding carboxylic acids is 1. The van der Waals surface area contributed by atoms with E-state index in [0.29, 0.717) is 0 Å². The van der Waals surface area contributed by atoms with Gasteiger partial charge in [-0.3, -0.25) is 4.79 Å². The van der Waals surface area contributed by atoms with Gasteiger partial charge in [0.1, 0.15) is 6.29 Å². The number of carbonyl (C=O) groups is 1. The summed E-state index contributed by atoms with van der Waals surface area (Å²) in [6.45, 7) is 2.27. The van der Waals surface area contributed by atoms with Crippen molar-refractivity contribution in [3.8, 4) is 0 Å². The maximum Gasteiger partial charge on any atom is 0.466 e. The number of aldehydes is 1. The Kier molecular flexibility index (Phi) is 20.1. The fraction of sp³-hybridized carbons (Fsp3) is 0.812. The highest BCUT2D eigenvalue weighted by Gasteiger charge is 2.00. The van der Waals surface area contributed by atoms with Crippen molar-refractivity contribution in [1.82, 2.24) is 0 Å². The highest BCUT2D eigenvalue weighted by molar-refractivity contribution is 7.45. The summed E-state index contributed by atoms with van der Waals surface area (Å²) in [5.41, 5.74) is 0. The van der Waals surface area contributed by atoms with Crippen LogP contribution in [0.15, 0.2) is 12.2 Å². The zero-order valence-electron chi connectivity index (χ0n) is 13.8. The summed E-state index contributed by atoms with van der Waals surface area (Å²) in [6.07, 6.45) is 20.7. The summed E-state index contributed by atoms with van der Waals surface area (Å²) in [4.78, 5) is 31.6. The van der Waals surface area contributed by atoms with E-state index in [1.807, 2.05) is 6.08 Å². The Morgan fingerprint density at radius 3 is 1.50 bits per heavy atom. The highest BCUT2D eigenvalue weighted by Crippen LogP contribution is 2.25. The molecule has 0 aromatic carbocycles. The monoisotopic (exact) mass is 336 g/mol. The van der Waals surface area contributed by atoms with Crippen LogP contribution < -0.4 is 0 Å². The molecule has 0 radical (unpaired) electrons. The molecule has 3 N–H and O–H groups in total. The van der Waals surface area contributed by atoms with Crippen LogP contribution in [-0.4, -0.2) is 21.0 Å². The Labute approximate surface area is 135 Å². The van der Waals surface area contributed by atoms with E-state index in [2.05, 4.69) is 6.92 Å². The number of unbranched alkanes of at least 4 members (excludes halogenated alkanes) is 11. The summed E-state index contributed by atoms with van der Waals surface area (Å²) < 4.78 is 8.88. The summed E-state index contributed by atoms with van der Waals surface area (Å²) in [7, 11) is -4.64. The van der Waals surface area contributed by atoms with Gasteiger partial charge in [-0.05, 0) is 18.9 Å². The van der Waals surface area contributed by atoms with E-state index in [0.717, 1.165) is 12.7 Å². The number of hydrogen-bond acceptors (Lipinski definition) is 2. The minimum atomic E-state index is -4.64. The van der Waals surface area contributed by atoms with Crippen LogP contribution in [0.1, 0.15) is 84.0 Å². The summed E-state index contributed by atoms with van der Waals surface area (Å²) in [5, 5.41) is 0. The number of allylic oxidation sites excluding steroid dienone is 2. The normalized spacial score (nSPS) is 11.3. The average molecular weight is 336 g/mol. The van der Waals surface area contributed by atoms with Gasteiger partial charge >= 0.3 is 7.82 Å². The van der Waals surface area contributed by atoms with Gasteiger partial charge < -0.3 is 14.7 Å². The van der Waals surface area contributed by atoms with Gasteiger partial charge in [0, 0.05) is 0 Å². The lowest BCUT2D eigenvalue weighted by atomic mass is 10.1. The van der Waals surface area contributed by atoms with Crippen LogP contribution >= 0.6 is 7.82 Å². The van der Waals surface area contributed by atoms with Gasteiger partial charge in [0.25, 0.3) is 0 Å². The van der Waals surface area contributed by atoms with E-state index in [-0.39, 0.29) is 0 Å². The molecule has 0 atom stereocenters. The first-order valence-electron chi connectivity index (χ1n) is 8.30. The quantitative estimate of drug-likeness (QED) is 0.199. The van der Waals surface area contributed by atoms with Crippen LogP contribution in [0.4, 0.5) is 0 Å². The lowest BCUT2D eigenvalue weighted by Crippen LogP contribution is -1.82. The van der Waals surface area contributed by atoms with Crippen LogP contribution in [0, 0.1) is 0 Å². The van der Waals surface area contributed by atoms with Crippen molar-refractivity contribution in [2.75, 3.05) is 0 Å². The van der Waals surface area contributed by atoms with Gasteiger partial charge in [-0.25, -0.2) is 4.57 Å². The Hall–Kier alpha value is -0.480. The molecule has 0 spiro atoms. The molecule has 0 unspecified atom stereocenters. The van der Waals surface area contributed by atoms with Crippen molar-refractivity contribution in [1.29, 1.82) is 0 Å². The molecule has 0 aliphatic carbocycles. The molecule has 0 aliphatic rings. The van der Waals surface area contributed by atoms with Crippen LogP contribution in [0.5, 0.6) is 0 Å². The van der Waals surface area contributed by atoms with E-state index in [4.69, 9.17) is 19.2 Å². The molecule has 0 bridgehead atoms. The molecule has 0 saturated carbocycles. The lowest BCUT2D eigenvalue weighted by Gasteiger charge is -2.01. The Balaban J connectivity index is 0. The third kappa shape index (κ3) is 36.6. The van der Waals surface area contributed by atoms with Gasteiger partial charge in [0.2, 0.25) is 0 Å². The van der Waals surface area contributed by atoms with E-state index >= 15 is 0 Å². The number of hydrogen-bond donors (Lipinski definition) is 3. The average Bonchev–Trinajstić information content (AvgIpc) is 2.42. The minimum Gasteiger partial charge on any atom is -0.303 e. The molecule has 0 aromatic heterocycles. The molecule has 5 nitrogen and oxygen atoms in total. The molecular formula is C16H33O5P. The molecule has 0 rings (SSSR count). The molecule has 0 aliphatic heterocycles. The molecule has 0 fully saturated rings. The fourth-order valence-electron chi connectivity index (χ4n) is 2.08. The maximum absolute atomic E-state index is 10.0. The summed E-state index contributed by atoms with van der Waals surface area (Å²) >= 11 is 0. The summed E-state index contributed by atoms with van der Waals surface area (Å²) in [6, 6.07) is 0. The molecular weight excluding hydrogens is 303 g/mol. The van der Waals surface area contributed by atoms with Crippen molar-refractivity contribution in [3.63, 3.8) is 0 Å². The van der Waals surface area contributed by atoms with Crippen molar-refractivity contribution in [3.05, 3.63) is 12.2 Å². The zero-order valence-corrected chi connectivity index (χ0v) is 14.7. The molecule has 0 amide bonds. The van der Waals surface area contributed by atoms with Crippen molar-refractivity contribution >= 4 is 14.1 Å². The third-order valence-electron chi connectivity index (χ3n) is 3.19. The standard InChI is InChI=1S/C16H30O.H3O4P/c1-2-3-4-5-6-7-8-9-10-11-12-13-14-15-16-17;1-5(2,3)4/h14-16H,2-13H2,1H3;(H3,1,2,3,4). The van der Waals surface area contributed by atoms with Gasteiger partial charge in [0.05, 0.1) is 0 Å². The van der Waals surface area contributed by atoms with Crippen LogP contribution in [-0.2, 0) is 9.36 Å². The minimum absolute atomic E-state index is 0.860. The second kappa shape index (κ2) is 18.6. The third-order valence-corrected chi connectivity index (χ3v) is 3.19. The number of phosphoric acid groups is 1. The smallest absolute Gasteiger partial charge is 0.303 e. The van der Waals surface area contributed by atoms with Gasteiger partial charge in [-0.15, -0.1) is 0 Å². The van der Waals surface area contributed by atoms with E-state index in [9.17, 15) is 4.79 Å². The van der Waals surface area contributed by atoms with E-state index in [1.165, 1.54) is 70.6 Å². The second-order valence-corrected chi connectivity index (χ2v) is 6.43. The van der Waals surface area contributed by atoms with Gasteiger partial charge in [-0.2, -0.15) is 0 Å². The van der Waals surface area contributed by atoms with Crippen molar-refractivity contribution < 1.29 is 24.0 Å². The first kappa shape index (κ1) is 23.8. The maximum atomic E-state index is 10.0. The van der Waals surface area contributed by atoms with Crippen LogP contribution in [0.2, 0.25) is 0 Å². The molecule has 0 aromatic rings. The summed E-state index contributed by atoms with van der Waals surface area (Å²) in [5.74, 6) is 0. The predicted molar refractivity (Wildman–Crippen MR) is 90.5 cm³/mol. The Morgan fingerprint density at radius 1 is 0.773 bits per heavy atom. The largest absolute Gasteiger partial charge is 0.466 e. The highest BCUT2D eigenvalue weighted by atomic mass is 31.2. The van der Waals surface area contributed by atoms with Crippen molar-refractivity contribution in [2.45, 2.75) is 84.0 Å². The Morgan fingerprint density at radius 2 is 1.14 bits per heavy atom. The van der Waals surface area contributed by atoms with Crippen LogP contribution in [0.3, 0.4) is 0 Å². The fourth-order valence-corrected chi connectivity index (χ4v) is 2.08. The Bertz CT molecular complexity index is 291. The second-order valence-electron chi connectivity index (χ2n) is 5.40. The van der Waals surface area contributed by atoms with Crippen molar-refractivity contribution in [2.24, 2.45) is 0 Å². The molecule has 0 heterocycles.